The molecular formula is C17H24N4. The lowest BCUT2D eigenvalue weighted by Gasteiger charge is -2.44. The molecule has 1 spiro atoms. The van der Waals surface area contributed by atoms with Gasteiger partial charge in [0.1, 0.15) is 0 Å². The lowest BCUT2D eigenvalue weighted by atomic mass is 9.84. The molecule has 2 N–H and O–H groups in total. The first-order chi connectivity index (χ1) is 10.2. The third-order valence-corrected chi connectivity index (χ3v) is 5.52. The maximum absolute atomic E-state index is 6.29. The molecule has 3 aliphatic heterocycles. The maximum atomic E-state index is 6.29. The van der Waals surface area contributed by atoms with Crippen LogP contribution in [-0.4, -0.2) is 42.1 Å². The highest BCUT2D eigenvalue weighted by Crippen LogP contribution is 2.43. The molecule has 112 valence electrons. The fraction of sp³-hybridized carbons (Fsp3) is 0.588. The fourth-order valence-corrected chi connectivity index (χ4v) is 4.56. The van der Waals surface area contributed by atoms with Gasteiger partial charge in [-0.2, -0.15) is 0 Å². The van der Waals surface area contributed by atoms with Gasteiger partial charge >= 0.3 is 0 Å². The molecule has 2 fully saturated rings. The molecule has 2 atom stereocenters. The summed E-state index contributed by atoms with van der Waals surface area (Å²) >= 11 is 0. The second kappa shape index (κ2) is 4.73. The van der Waals surface area contributed by atoms with Crippen LogP contribution in [0.1, 0.15) is 31.2 Å². The van der Waals surface area contributed by atoms with E-state index in [1.807, 2.05) is 0 Å². The molecule has 0 aromatic heterocycles. The standard InChI is InChI=1S/C17H24N4/c1-13-5-4-6-14(11-13)21-16(18)19-12-17(21)8-10-20-9-3-2-7-15(17)20/h4-6,11,15H,2-3,7-10,12H2,1H3,(H2,18,19). The van der Waals surface area contributed by atoms with Crippen molar-refractivity contribution in [2.75, 3.05) is 24.5 Å². The van der Waals surface area contributed by atoms with Gasteiger partial charge in [-0.1, -0.05) is 18.6 Å². The molecule has 0 saturated carbocycles. The Hall–Kier alpha value is -1.55. The van der Waals surface area contributed by atoms with Crippen molar-refractivity contribution < 1.29 is 0 Å². The number of nitrogens with two attached hydrogens (primary N) is 1. The Morgan fingerprint density at radius 3 is 3.05 bits per heavy atom. The molecule has 21 heavy (non-hydrogen) atoms. The molecule has 4 rings (SSSR count). The topological polar surface area (TPSA) is 44.9 Å². The zero-order valence-corrected chi connectivity index (χ0v) is 12.8. The van der Waals surface area contributed by atoms with Gasteiger partial charge in [-0.3, -0.25) is 9.89 Å². The van der Waals surface area contributed by atoms with E-state index in [1.165, 1.54) is 50.0 Å². The van der Waals surface area contributed by atoms with Crippen LogP contribution in [0.15, 0.2) is 29.3 Å². The number of aliphatic imine (C=N–C) groups is 1. The first-order valence-corrected chi connectivity index (χ1v) is 8.12. The Morgan fingerprint density at radius 2 is 2.19 bits per heavy atom. The summed E-state index contributed by atoms with van der Waals surface area (Å²) in [6.45, 7) is 5.43. The molecule has 3 heterocycles. The first kappa shape index (κ1) is 13.1. The molecule has 4 heteroatoms. The quantitative estimate of drug-likeness (QED) is 0.859. The number of benzene rings is 1. The van der Waals surface area contributed by atoms with Crippen LogP contribution in [0.4, 0.5) is 5.69 Å². The highest BCUT2D eigenvalue weighted by atomic mass is 15.4. The van der Waals surface area contributed by atoms with E-state index < -0.39 is 0 Å². The van der Waals surface area contributed by atoms with E-state index in [0.717, 1.165) is 6.54 Å². The van der Waals surface area contributed by atoms with Crippen molar-refractivity contribution in [3.05, 3.63) is 29.8 Å². The number of rotatable bonds is 1. The summed E-state index contributed by atoms with van der Waals surface area (Å²) in [5.41, 5.74) is 8.88. The van der Waals surface area contributed by atoms with E-state index in [-0.39, 0.29) is 5.54 Å². The van der Waals surface area contributed by atoms with Crippen LogP contribution in [-0.2, 0) is 0 Å². The number of fused-ring (bicyclic) bond motifs is 2. The van der Waals surface area contributed by atoms with Gasteiger partial charge in [0, 0.05) is 18.3 Å². The van der Waals surface area contributed by atoms with Gasteiger partial charge < -0.3 is 10.6 Å². The second-order valence-electron chi connectivity index (χ2n) is 6.75. The molecule has 2 saturated heterocycles. The minimum Gasteiger partial charge on any atom is -0.369 e. The van der Waals surface area contributed by atoms with Gasteiger partial charge in [0.25, 0.3) is 0 Å². The smallest absolute Gasteiger partial charge is 0.196 e. The normalized spacial score (nSPS) is 32.5. The van der Waals surface area contributed by atoms with Crippen molar-refractivity contribution in [2.24, 2.45) is 10.7 Å². The van der Waals surface area contributed by atoms with Crippen molar-refractivity contribution in [3.63, 3.8) is 0 Å². The highest BCUT2D eigenvalue weighted by molar-refractivity contribution is 5.98. The van der Waals surface area contributed by atoms with E-state index in [1.54, 1.807) is 0 Å². The average molecular weight is 284 g/mol. The molecule has 2 unspecified atom stereocenters. The molecule has 0 bridgehead atoms. The summed E-state index contributed by atoms with van der Waals surface area (Å²) in [5.74, 6) is 0.702. The Bertz CT molecular complexity index is 582. The first-order valence-electron chi connectivity index (χ1n) is 8.12. The Morgan fingerprint density at radius 1 is 1.29 bits per heavy atom. The van der Waals surface area contributed by atoms with Crippen molar-refractivity contribution in [3.8, 4) is 0 Å². The Labute approximate surface area is 126 Å². The van der Waals surface area contributed by atoms with Gasteiger partial charge in [-0.15, -0.1) is 0 Å². The minimum atomic E-state index is 0.0955. The van der Waals surface area contributed by atoms with E-state index >= 15 is 0 Å². The molecule has 1 aromatic carbocycles. The average Bonchev–Trinajstić information content (AvgIpc) is 3.02. The number of piperidine rings is 1. The lowest BCUT2D eigenvalue weighted by molar-refractivity contribution is 0.163. The van der Waals surface area contributed by atoms with Crippen molar-refractivity contribution in [1.82, 2.24) is 4.90 Å². The number of hydrogen-bond donors (Lipinski definition) is 1. The zero-order valence-electron chi connectivity index (χ0n) is 12.8. The summed E-state index contributed by atoms with van der Waals surface area (Å²) in [6.07, 6.45) is 5.14. The second-order valence-corrected chi connectivity index (χ2v) is 6.75. The molecular weight excluding hydrogens is 260 g/mol. The Kier molecular flexibility index (Phi) is 2.96. The van der Waals surface area contributed by atoms with Gasteiger partial charge in [0.15, 0.2) is 5.96 Å². The van der Waals surface area contributed by atoms with Crippen LogP contribution in [0.2, 0.25) is 0 Å². The minimum absolute atomic E-state index is 0.0955. The third kappa shape index (κ3) is 1.89. The summed E-state index contributed by atoms with van der Waals surface area (Å²) < 4.78 is 0. The van der Waals surface area contributed by atoms with Crippen LogP contribution < -0.4 is 10.6 Å². The van der Waals surface area contributed by atoms with E-state index in [2.05, 4.69) is 46.0 Å². The van der Waals surface area contributed by atoms with Crippen molar-refractivity contribution in [2.45, 2.75) is 44.2 Å². The van der Waals surface area contributed by atoms with Crippen LogP contribution >= 0.6 is 0 Å². The molecule has 3 aliphatic rings. The number of aryl methyl sites for hydroxylation is 1. The lowest BCUT2D eigenvalue weighted by Crippen LogP contribution is -2.59. The molecule has 0 aliphatic carbocycles. The number of guanidine groups is 1. The number of hydrogen-bond acceptors (Lipinski definition) is 4. The molecule has 4 nitrogen and oxygen atoms in total. The molecule has 0 amide bonds. The number of anilines is 1. The Balaban J connectivity index is 1.75. The molecule has 0 radical (unpaired) electrons. The third-order valence-electron chi connectivity index (χ3n) is 5.52. The maximum Gasteiger partial charge on any atom is 0.196 e. The van der Waals surface area contributed by atoms with E-state index in [9.17, 15) is 0 Å². The van der Waals surface area contributed by atoms with Gasteiger partial charge in [0.05, 0.1) is 12.1 Å². The van der Waals surface area contributed by atoms with Gasteiger partial charge in [-0.05, 0) is 50.4 Å². The largest absolute Gasteiger partial charge is 0.369 e. The summed E-state index contributed by atoms with van der Waals surface area (Å²) in [7, 11) is 0. The van der Waals surface area contributed by atoms with Crippen LogP contribution in [0.3, 0.4) is 0 Å². The predicted octanol–water partition coefficient (Wildman–Crippen LogP) is 2.13. The highest BCUT2D eigenvalue weighted by Gasteiger charge is 2.55. The van der Waals surface area contributed by atoms with E-state index in [0.29, 0.717) is 12.0 Å². The van der Waals surface area contributed by atoms with Crippen LogP contribution in [0.25, 0.3) is 0 Å². The van der Waals surface area contributed by atoms with Crippen molar-refractivity contribution in [1.29, 1.82) is 0 Å². The SMILES string of the molecule is Cc1cccc(N2C(N)=NCC23CCN2CCCCC23)c1. The zero-order chi connectivity index (χ0) is 14.4. The van der Waals surface area contributed by atoms with Crippen LogP contribution in [0, 0.1) is 6.92 Å². The summed E-state index contributed by atoms with van der Waals surface area (Å²) in [4.78, 5) is 9.65. The van der Waals surface area contributed by atoms with Gasteiger partial charge in [-0.25, -0.2) is 0 Å². The monoisotopic (exact) mass is 284 g/mol. The summed E-state index contributed by atoms with van der Waals surface area (Å²) in [6, 6.07) is 9.28. The van der Waals surface area contributed by atoms with E-state index in [4.69, 9.17) is 5.73 Å². The predicted molar refractivity (Wildman–Crippen MR) is 86.7 cm³/mol. The summed E-state index contributed by atoms with van der Waals surface area (Å²) in [5, 5.41) is 0. The van der Waals surface area contributed by atoms with Crippen molar-refractivity contribution >= 4 is 11.6 Å². The van der Waals surface area contributed by atoms with Crippen LogP contribution in [0.5, 0.6) is 0 Å². The van der Waals surface area contributed by atoms with Gasteiger partial charge in [0.2, 0.25) is 0 Å². The molecule has 1 aromatic rings. The fourth-order valence-electron chi connectivity index (χ4n) is 4.56. The number of nitrogens with zero attached hydrogens (tertiary/aromatic N) is 3.